The van der Waals surface area contributed by atoms with Gasteiger partial charge in [0.25, 0.3) is 0 Å². The highest BCUT2D eigenvalue weighted by Crippen LogP contribution is 2.26. The summed E-state index contributed by atoms with van der Waals surface area (Å²) in [6.45, 7) is 0. The van der Waals surface area contributed by atoms with Crippen molar-refractivity contribution in [1.29, 1.82) is 0 Å². The van der Waals surface area contributed by atoms with Gasteiger partial charge in [0.1, 0.15) is 5.75 Å². The van der Waals surface area contributed by atoms with E-state index in [0.29, 0.717) is 0 Å². The second-order valence-electron chi connectivity index (χ2n) is 3.89. The van der Waals surface area contributed by atoms with Crippen LogP contribution in [0.1, 0.15) is 17.2 Å². The van der Waals surface area contributed by atoms with E-state index in [1.807, 2.05) is 36.4 Å². The van der Waals surface area contributed by atoms with E-state index in [1.165, 1.54) is 9.13 Å². The zero-order chi connectivity index (χ0) is 13.0. The number of hydrogen-bond donors (Lipinski definition) is 2. The highest BCUT2D eigenvalue weighted by atomic mass is 127. The Hall–Kier alpha value is -1.11. The Labute approximate surface area is 120 Å². The van der Waals surface area contributed by atoms with Gasteiger partial charge in [0, 0.05) is 3.57 Å². The van der Waals surface area contributed by atoms with Gasteiger partial charge in [0.2, 0.25) is 0 Å². The van der Waals surface area contributed by atoms with Crippen LogP contribution in [0, 0.1) is 3.57 Å². The predicted molar refractivity (Wildman–Crippen MR) is 81.3 cm³/mol. The molecule has 0 fully saturated rings. The SMILES string of the molecule is COc1ccc(C(NN)c2ccccc2I)cc1. The van der Waals surface area contributed by atoms with Gasteiger partial charge in [-0.2, -0.15) is 0 Å². The molecule has 0 aliphatic carbocycles. The number of hydrazine groups is 1. The second kappa shape index (κ2) is 6.17. The Balaban J connectivity index is 2.36. The van der Waals surface area contributed by atoms with E-state index in [1.54, 1.807) is 7.11 Å². The molecule has 3 N–H and O–H groups in total. The monoisotopic (exact) mass is 354 g/mol. The van der Waals surface area contributed by atoms with E-state index in [-0.39, 0.29) is 6.04 Å². The van der Waals surface area contributed by atoms with Crippen LogP contribution in [0.4, 0.5) is 0 Å². The molecule has 0 radical (unpaired) electrons. The van der Waals surface area contributed by atoms with Crippen LogP contribution in [-0.4, -0.2) is 7.11 Å². The van der Waals surface area contributed by atoms with Crippen LogP contribution in [0.25, 0.3) is 0 Å². The number of rotatable bonds is 4. The number of ether oxygens (including phenoxy) is 1. The van der Waals surface area contributed by atoms with Gasteiger partial charge in [-0.05, 0) is 51.9 Å². The molecule has 94 valence electrons. The minimum atomic E-state index is -0.0102. The van der Waals surface area contributed by atoms with Crippen molar-refractivity contribution in [3.05, 3.63) is 63.2 Å². The summed E-state index contributed by atoms with van der Waals surface area (Å²) in [5.74, 6) is 6.54. The van der Waals surface area contributed by atoms with Crippen molar-refractivity contribution < 1.29 is 4.74 Å². The first-order valence-electron chi connectivity index (χ1n) is 5.60. The highest BCUT2D eigenvalue weighted by Gasteiger charge is 2.14. The van der Waals surface area contributed by atoms with Gasteiger partial charge in [-0.25, -0.2) is 5.43 Å². The quantitative estimate of drug-likeness (QED) is 0.504. The molecule has 0 saturated carbocycles. The molecule has 0 saturated heterocycles. The highest BCUT2D eigenvalue weighted by molar-refractivity contribution is 14.1. The fourth-order valence-electron chi connectivity index (χ4n) is 1.87. The number of methoxy groups -OCH3 is 1. The molecule has 18 heavy (non-hydrogen) atoms. The Morgan fingerprint density at radius 2 is 1.78 bits per heavy atom. The molecule has 0 aliphatic rings. The summed E-state index contributed by atoms with van der Waals surface area (Å²) in [5, 5.41) is 0. The number of hydrogen-bond acceptors (Lipinski definition) is 3. The minimum absolute atomic E-state index is 0.0102. The lowest BCUT2D eigenvalue weighted by molar-refractivity contribution is 0.414. The lowest BCUT2D eigenvalue weighted by Gasteiger charge is -2.18. The molecule has 0 spiro atoms. The molecule has 0 amide bonds. The number of nitrogens with two attached hydrogens (primary N) is 1. The van der Waals surface area contributed by atoms with Crippen LogP contribution >= 0.6 is 22.6 Å². The van der Waals surface area contributed by atoms with Gasteiger partial charge in [0.15, 0.2) is 0 Å². The maximum absolute atomic E-state index is 5.69. The molecule has 0 heterocycles. The van der Waals surface area contributed by atoms with Crippen molar-refractivity contribution in [3.8, 4) is 5.75 Å². The van der Waals surface area contributed by atoms with Gasteiger partial charge in [-0.15, -0.1) is 0 Å². The summed E-state index contributed by atoms with van der Waals surface area (Å²) >= 11 is 2.32. The van der Waals surface area contributed by atoms with Crippen molar-refractivity contribution >= 4 is 22.6 Å². The topological polar surface area (TPSA) is 47.3 Å². The number of nitrogens with one attached hydrogen (secondary N) is 1. The molecular weight excluding hydrogens is 339 g/mol. The largest absolute Gasteiger partial charge is 0.497 e. The molecule has 2 rings (SSSR count). The molecule has 1 unspecified atom stereocenters. The predicted octanol–water partition coefficient (Wildman–Crippen LogP) is 2.85. The zero-order valence-corrected chi connectivity index (χ0v) is 12.2. The molecule has 2 aromatic carbocycles. The van der Waals surface area contributed by atoms with Crippen LogP contribution in [0.3, 0.4) is 0 Å². The molecule has 1 atom stereocenters. The third kappa shape index (κ3) is 2.82. The van der Waals surface area contributed by atoms with Crippen LogP contribution in [0.5, 0.6) is 5.75 Å². The van der Waals surface area contributed by atoms with Gasteiger partial charge in [0.05, 0.1) is 13.2 Å². The third-order valence-electron chi connectivity index (χ3n) is 2.83. The van der Waals surface area contributed by atoms with E-state index in [4.69, 9.17) is 10.6 Å². The van der Waals surface area contributed by atoms with E-state index < -0.39 is 0 Å². The zero-order valence-electron chi connectivity index (χ0n) is 10.1. The fourth-order valence-corrected chi connectivity index (χ4v) is 2.57. The van der Waals surface area contributed by atoms with Gasteiger partial charge >= 0.3 is 0 Å². The summed E-state index contributed by atoms with van der Waals surface area (Å²) < 4.78 is 6.35. The summed E-state index contributed by atoms with van der Waals surface area (Å²) in [6.07, 6.45) is 0. The molecule has 0 aromatic heterocycles. The Kier molecular flexibility index (Phi) is 4.57. The smallest absolute Gasteiger partial charge is 0.118 e. The van der Waals surface area contributed by atoms with E-state index in [2.05, 4.69) is 40.1 Å². The van der Waals surface area contributed by atoms with E-state index in [0.717, 1.165) is 11.3 Å². The first kappa shape index (κ1) is 13.3. The molecule has 0 aliphatic heterocycles. The summed E-state index contributed by atoms with van der Waals surface area (Å²) in [6, 6.07) is 16.1. The second-order valence-corrected chi connectivity index (χ2v) is 5.06. The average molecular weight is 354 g/mol. The lowest BCUT2D eigenvalue weighted by Crippen LogP contribution is -2.29. The van der Waals surface area contributed by atoms with Gasteiger partial charge in [-0.3, -0.25) is 5.84 Å². The van der Waals surface area contributed by atoms with Crippen LogP contribution in [0.15, 0.2) is 48.5 Å². The number of benzene rings is 2. The van der Waals surface area contributed by atoms with Gasteiger partial charge in [-0.1, -0.05) is 30.3 Å². The maximum Gasteiger partial charge on any atom is 0.118 e. The normalized spacial score (nSPS) is 12.2. The van der Waals surface area contributed by atoms with E-state index >= 15 is 0 Å². The summed E-state index contributed by atoms with van der Waals surface area (Å²) in [7, 11) is 1.66. The van der Waals surface area contributed by atoms with Crippen molar-refractivity contribution in [3.63, 3.8) is 0 Å². The van der Waals surface area contributed by atoms with Gasteiger partial charge < -0.3 is 4.74 Å². The molecule has 0 bridgehead atoms. The molecule has 3 nitrogen and oxygen atoms in total. The Bertz CT molecular complexity index is 513. The molecule has 4 heteroatoms. The average Bonchev–Trinajstić information content (AvgIpc) is 2.42. The van der Waals surface area contributed by atoms with Crippen molar-refractivity contribution in [2.45, 2.75) is 6.04 Å². The van der Waals surface area contributed by atoms with E-state index in [9.17, 15) is 0 Å². The minimum Gasteiger partial charge on any atom is -0.497 e. The summed E-state index contributed by atoms with van der Waals surface area (Å²) in [5.41, 5.74) is 5.15. The maximum atomic E-state index is 5.69. The summed E-state index contributed by atoms with van der Waals surface area (Å²) in [4.78, 5) is 0. The Morgan fingerprint density at radius 3 is 2.33 bits per heavy atom. The van der Waals surface area contributed by atoms with Crippen LogP contribution < -0.4 is 16.0 Å². The van der Waals surface area contributed by atoms with Crippen molar-refractivity contribution in [2.24, 2.45) is 5.84 Å². The van der Waals surface area contributed by atoms with Crippen molar-refractivity contribution in [1.82, 2.24) is 5.43 Å². The molecule has 2 aromatic rings. The van der Waals surface area contributed by atoms with Crippen LogP contribution in [0.2, 0.25) is 0 Å². The third-order valence-corrected chi connectivity index (χ3v) is 3.81. The Morgan fingerprint density at radius 1 is 1.11 bits per heavy atom. The number of halogens is 1. The first-order chi connectivity index (χ1) is 8.76. The molecular formula is C14H15IN2O. The lowest BCUT2D eigenvalue weighted by atomic mass is 9.99. The van der Waals surface area contributed by atoms with Crippen molar-refractivity contribution in [2.75, 3.05) is 7.11 Å². The first-order valence-corrected chi connectivity index (χ1v) is 6.68. The standard InChI is InChI=1S/C14H15IN2O/c1-18-11-8-6-10(7-9-11)14(17-16)12-4-2-3-5-13(12)15/h2-9,14,17H,16H2,1H3. The fraction of sp³-hybridized carbons (Fsp3) is 0.143. The van der Waals surface area contributed by atoms with Crippen LogP contribution in [-0.2, 0) is 0 Å².